The molecule has 1 unspecified atom stereocenters. The van der Waals surface area contributed by atoms with E-state index in [0.717, 1.165) is 122 Å². The summed E-state index contributed by atoms with van der Waals surface area (Å²) in [6.07, 6.45) is 93.4. The van der Waals surface area contributed by atoms with Crippen LogP contribution in [0.25, 0.3) is 0 Å². The average molecular weight is 1110 g/mol. The molecule has 0 N–H and O–H groups in total. The summed E-state index contributed by atoms with van der Waals surface area (Å²) in [5.41, 5.74) is 0. The first-order valence-corrected chi connectivity index (χ1v) is 33.5. The summed E-state index contributed by atoms with van der Waals surface area (Å²) in [5, 5.41) is 0. The minimum absolute atomic E-state index is 0.0982. The minimum Gasteiger partial charge on any atom is -0.462 e. The standard InChI is InChI=1S/C74H124O6/c1-4-7-10-13-16-19-22-25-28-31-34-35-36-37-38-39-41-43-46-49-52-55-58-61-64-67-73(76)79-70-71(69-78-72(75)66-63-60-57-54-51-48-45-42-33-30-27-24-21-18-15-12-9-6-3)80-74(77)68-65-62-59-56-53-50-47-44-40-32-29-26-23-20-17-14-11-8-5-2/h8,11,17,20-22,24-26,29-31,33-34,36-37,40,44,50,53,71H,4-7,9-10,12-16,18-19,23,27-28,32,35,38-39,41-43,45-49,51-52,54-70H2,1-3H3/b11-8-,20-17-,24-21-,25-22-,29-26-,33-30-,34-31-,37-36-,44-40-,53-50-. The highest BCUT2D eigenvalue weighted by Gasteiger charge is 2.19. The molecule has 0 saturated carbocycles. The van der Waals surface area contributed by atoms with Gasteiger partial charge < -0.3 is 14.2 Å². The number of rotatable bonds is 60. The predicted octanol–water partition coefficient (Wildman–Crippen LogP) is 23.2. The Morgan fingerprint density at radius 3 is 0.787 bits per heavy atom. The lowest BCUT2D eigenvalue weighted by Crippen LogP contribution is -2.30. The highest BCUT2D eigenvalue weighted by molar-refractivity contribution is 5.71. The number of hydrogen-bond acceptors (Lipinski definition) is 6. The zero-order valence-electron chi connectivity index (χ0n) is 52.3. The van der Waals surface area contributed by atoms with Crippen molar-refractivity contribution in [1.29, 1.82) is 0 Å². The summed E-state index contributed by atoms with van der Waals surface area (Å²) in [5.74, 6) is -0.935. The van der Waals surface area contributed by atoms with Crippen LogP contribution in [0.15, 0.2) is 122 Å². The quantitative estimate of drug-likeness (QED) is 0.0261. The van der Waals surface area contributed by atoms with E-state index in [1.807, 2.05) is 0 Å². The van der Waals surface area contributed by atoms with E-state index in [2.05, 4.69) is 142 Å². The summed E-state index contributed by atoms with van der Waals surface area (Å²) in [4.78, 5) is 38.4. The fraction of sp³-hybridized carbons (Fsp3) is 0.689. The van der Waals surface area contributed by atoms with Gasteiger partial charge in [0.15, 0.2) is 6.10 Å². The number of hydrogen-bond donors (Lipinski definition) is 0. The fourth-order valence-electron chi connectivity index (χ4n) is 9.15. The molecule has 0 rings (SSSR count). The highest BCUT2D eigenvalue weighted by Crippen LogP contribution is 2.15. The highest BCUT2D eigenvalue weighted by atomic mass is 16.6. The van der Waals surface area contributed by atoms with Gasteiger partial charge in [0.05, 0.1) is 0 Å². The molecular weight excluding hydrogens is 985 g/mol. The third kappa shape index (κ3) is 64.6. The van der Waals surface area contributed by atoms with Gasteiger partial charge in [-0.2, -0.15) is 0 Å². The van der Waals surface area contributed by atoms with Crippen molar-refractivity contribution in [2.24, 2.45) is 0 Å². The molecule has 0 aliphatic heterocycles. The molecule has 0 saturated heterocycles. The topological polar surface area (TPSA) is 78.9 Å². The van der Waals surface area contributed by atoms with Crippen LogP contribution in [0.3, 0.4) is 0 Å². The number of allylic oxidation sites excluding steroid dienone is 20. The van der Waals surface area contributed by atoms with Crippen molar-refractivity contribution >= 4 is 17.9 Å². The summed E-state index contributed by atoms with van der Waals surface area (Å²) in [7, 11) is 0. The second-order valence-corrected chi connectivity index (χ2v) is 22.0. The smallest absolute Gasteiger partial charge is 0.306 e. The lowest BCUT2D eigenvalue weighted by Gasteiger charge is -2.18. The van der Waals surface area contributed by atoms with Crippen LogP contribution in [0.1, 0.15) is 310 Å². The monoisotopic (exact) mass is 1110 g/mol. The molecule has 0 bridgehead atoms. The summed E-state index contributed by atoms with van der Waals surface area (Å²) >= 11 is 0. The van der Waals surface area contributed by atoms with Gasteiger partial charge in [-0.25, -0.2) is 0 Å². The van der Waals surface area contributed by atoms with Crippen molar-refractivity contribution in [1.82, 2.24) is 0 Å². The van der Waals surface area contributed by atoms with Gasteiger partial charge in [0.2, 0.25) is 0 Å². The number of carbonyl (C=O) groups is 3. The predicted molar refractivity (Wildman–Crippen MR) is 348 cm³/mol. The van der Waals surface area contributed by atoms with E-state index in [1.54, 1.807) is 0 Å². The maximum atomic E-state index is 12.9. The second-order valence-electron chi connectivity index (χ2n) is 22.0. The Hall–Kier alpha value is -4.19. The number of ether oxygens (including phenoxy) is 3. The van der Waals surface area contributed by atoms with Crippen LogP contribution in [0.2, 0.25) is 0 Å². The van der Waals surface area contributed by atoms with E-state index in [9.17, 15) is 14.4 Å². The molecule has 80 heavy (non-hydrogen) atoms. The summed E-state index contributed by atoms with van der Waals surface area (Å²) in [6, 6.07) is 0. The molecule has 1 atom stereocenters. The molecule has 6 heteroatoms. The van der Waals surface area contributed by atoms with Gasteiger partial charge in [0.1, 0.15) is 13.2 Å². The van der Waals surface area contributed by atoms with Gasteiger partial charge in [-0.3, -0.25) is 14.4 Å². The van der Waals surface area contributed by atoms with E-state index >= 15 is 0 Å². The van der Waals surface area contributed by atoms with E-state index in [4.69, 9.17) is 14.2 Å². The maximum Gasteiger partial charge on any atom is 0.306 e. The Kier molecular flexibility index (Phi) is 63.8. The molecule has 0 radical (unpaired) electrons. The Bertz CT molecular complexity index is 1650. The van der Waals surface area contributed by atoms with E-state index in [-0.39, 0.29) is 37.5 Å². The Labute approximate surface area is 494 Å². The van der Waals surface area contributed by atoms with Crippen molar-refractivity contribution in [3.05, 3.63) is 122 Å². The lowest BCUT2D eigenvalue weighted by atomic mass is 10.1. The summed E-state index contributed by atoms with van der Waals surface area (Å²) < 4.78 is 16.9. The Morgan fingerprint density at radius 2 is 0.487 bits per heavy atom. The van der Waals surface area contributed by atoms with Crippen LogP contribution >= 0.6 is 0 Å². The molecule has 0 spiro atoms. The van der Waals surface area contributed by atoms with Gasteiger partial charge in [0, 0.05) is 19.3 Å². The molecule has 6 nitrogen and oxygen atoms in total. The minimum atomic E-state index is -0.806. The zero-order valence-corrected chi connectivity index (χ0v) is 52.3. The molecule has 0 aliphatic rings. The van der Waals surface area contributed by atoms with Gasteiger partial charge in [-0.05, 0) is 135 Å². The second kappa shape index (κ2) is 67.3. The molecule has 0 fully saturated rings. The van der Waals surface area contributed by atoms with Gasteiger partial charge in [0.25, 0.3) is 0 Å². The van der Waals surface area contributed by atoms with Crippen LogP contribution in [-0.4, -0.2) is 37.2 Å². The van der Waals surface area contributed by atoms with Crippen LogP contribution in [0.4, 0.5) is 0 Å². The molecular formula is C74H124O6. The van der Waals surface area contributed by atoms with Gasteiger partial charge in [-0.1, -0.05) is 277 Å². The maximum absolute atomic E-state index is 12.9. The number of unbranched alkanes of at least 4 members (excludes halogenated alkanes) is 29. The molecule has 0 heterocycles. The van der Waals surface area contributed by atoms with Crippen LogP contribution in [0.5, 0.6) is 0 Å². The van der Waals surface area contributed by atoms with Crippen molar-refractivity contribution < 1.29 is 28.6 Å². The largest absolute Gasteiger partial charge is 0.462 e. The average Bonchev–Trinajstić information content (AvgIpc) is 3.46. The Balaban J connectivity index is 4.44. The van der Waals surface area contributed by atoms with Crippen molar-refractivity contribution in [2.45, 2.75) is 316 Å². The number of esters is 3. The van der Waals surface area contributed by atoms with Crippen LogP contribution in [0, 0.1) is 0 Å². The molecule has 456 valence electrons. The van der Waals surface area contributed by atoms with Crippen LogP contribution < -0.4 is 0 Å². The molecule has 0 aliphatic carbocycles. The molecule has 0 aromatic carbocycles. The third-order valence-corrected chi connectivity index (χ3v) is 14.2. The lowest BCUT2D eigenvalue weighted by molar-refractivity contribution is -0.167. The summed E-state index contributed by atoms with van der Waals surface area (Å²) in [6.45, 7) is 6.48. The third-order valence-electron chi connectivity index (χ3n) is 14.2. The zero-order chi connectivity index (χ0) is 57.8. The van der Waals surface area contributed by atoms with E-state index in [1.165, 1.54) is 148 Å². The SMILES string of the molecule is CC/C=C\C/C=C\C/C=C\C/C=C\C/C=C\CCCCCC(=O)OC(COC(=O)CCCCCCCCC/C=C\C/C=C\CCCCCC)COC(=O)CCCCCCCCCCCC/C=C\C/C=C\C/C=C\CCCCCCC. The first-order chi connectivity index (χ1) is 39.5. The first kappa shape index (κ1) is 75.8. The normalized spacial score (nSPS) is 12.9. The first-order valence-electron chi connectivity index (χ1n) is 33.5. The Morgan fingerprint density at radius 1 is 0.263 bits per heavy atom. The van der Waals surface area contributed by atoms with E-state index < -0.39 is 6.10 Å². The molecule has 0 aromatic rings. The molecule has 0 amide bonds. The number of carbonyl (C=O) groups excluding carboxylic acids is 3. The molecule has 0 aromatic heterocycles. The van der Waals surface area contributed by atoms with Crippen LogP contribution in [-0.2, 0) is 28.6 Å². The fourth-order valence-corrected chi connectivity index (χ4v) is 9.15. The van der Waals surface area contributed by atoms with Gasteiger partial charge >= 0.3 is 17.9 Å². The van der Waals surface area contributed by atoms with Crippen molar-refractivity contribution in [3.8, 4) is 0 Å². The van der Waals surface area contributed by atoms with E-state index in [0.29, 0.717) is 12.8 Å². The van der Waals surface area contributed by atoms with Crippen molar-refractivity contribution in [2.75, 3.05) is 13.2 Å². The van der Waals surface area contributed by atoms with Crippen molar-refractivity contribution in [3.63, 3.8) is 0 Å². The van der Waals surface area contributed by atoms with Gasteiger partial charge in [-0.15, -0.1) is 0 Å².